The fraction of sp³-hybridized carbons (Fsp3) is 0.750. The largest absolute Gasteiger partial charge is 0.281 e. The maximum absolute atomic E-state index is 12.5. The van der Waals surface area contributed by atoms with Crippen molar-refractivity contribution < 1.29 is 8.42 Å². The molecule has 1 aromatic heterocycles. The molecule has 1 atom stereocenters. The van der Waals surface area contributed by atoms with Crippen LogP contribution in [0.3, 0.4) is 0 Å². The highest BCUT2D eigenvalue weighted by Gasteiger charge is 2.31. The van der Waals surface area contributed by atoms with Gasteiger partial charge in [0.25, 0.3) is 0 Å². The lowest BCUT2D eigenvalue weighted by atomic mass is 9.86. The lowest BCUT2D eigenvalue weighted by Gasteiger charge is -2.30. The van der Waals surface area contributed by atoms with Crippen LogP contribution < -0.4 is 4.72 Å². The van der Waals surface area contributed by atoms with Crippen LogP contribution in [-0.4, -0.2) is 30.5 Å². The molecular weight excluding hydrogens is 286 g/mol. The van der Waals surface area contributed by atoms with Gasteiger partial charge in [-0.05, 0) is 25.7 Å². The summed E-state index contributed by atoms with van der Waals surface area (Å²) in [6.45, 7) is 9.33. The monoisotopic (exact) mass is 307 g/mol. The molecule has 0 saturated carbocycles. The van der Waals surface area contributed by atoms with Crippen LogP contribution in [0.4, 0.5) is 0 Å². The Labute approximate surface area is 120 Å². The highest BCUT2D eigenvalue weighted by molar-refractivity contribution is 7.89. The number of hydrogen-bond acceptors (Lipinski definition) is 3. The van der Waals surface area contributed by atoms with Crippen molar-refractivity contribution >= 4 is 21.6 Å². The standard InChI is InChI=1S/C12H22ClN3O2S/c1-8-11(9(2)15-14-8)19(17,18)16-10(6-7-13)12(3,4)5/h10,16H,6-7H2,1-5H3,(H,14,15). The van der Waals surface area contributed by atoms with Crippen molar-refractivity contribution in [2.75, 3.05) is 5.88 Å². The van der Waals surface area contributed by atoms with E-state index in [0.717, 1.165) is 0 Å². The Morgan fingerprint density at radius 2 is 1.95 bits per heavy atom. The van der Waals surface area contributed by atoms with Gasteiger partial charge in [0, 0.05) is 11.9 Å². The number of nitrogens with zero attached hydrogens (tertiary/aromatic N) is 1. The summed E-state index contributed by atoms with van der Waals surface area (Å²) >= 11 is 5.77. The number of aromatic nitrogens is 2. The molecule has 19 heavy (non-hydrogen) atoms. The van der Waals surface area contributed by atoms with Gasteiger partial charge >= 0.3 is 0 Å². The molecule has 2 N–H and O–H groups in total. The molecule has 0 aliphatic heterocycles. The quantitative estimate of drug-likeness (QED) is 0.820. The molecule has 0 aliphatic carbocycles. The first-order chi connectivity index (χ1) is 8.59. The van der Waals surface area contributed by atoms with Gasteiger partial charge in [0.15, 0.2) is 0 Å². The molecule has 1 rings (SSSR count). The molecule has 1 heterocycles. The molecule has 1 unspecified atom stereocenters. The van der Waals surface area contributed by atoms with E-state index in [2.05, 4.69) is 14.9 Å². The van der Waals surface area contributed by atoms with Gasteiger partial charge in [-0.2, -0.15) is 5.10 Å². The second-order valence-electron chi connectivity index (χ2n) is 5.78. The molecule has 0 amide bonds. The van der Waals surface area contributed by atoms with Crippen LogP contribution in [-0.2, 0) is 10.0 Å². The molecule has 7 heteroatoms. The third-order valence-corrected chi connectivity index (χ3v) is 5.02. The van der Waals surface area contributed by atoms with E-state index in [4.69, 9.17) is 11.6 Å². The summed E-state index contributed by atoms with van der Waals surface area (Å²) in [6, 6.07) is -0.219. The predicted octanol–water partition coefficient (Wildman–Crippen LogP) is 2.35. The Morgan fingerprint density at radius 3 is 2.32 bits per heavy atom. The first-order valence-electron chi connectivity index (χ1n) is 6.19. The summed E-state index contributed by atoms with van der Waals surface area (Å²) in [5.41, 5.74) is 0.820. The number of aromatic amines is 1. The number of halogens is 1. The summed E-state index contributed by atoms with van der Waals surface area (Å²) < 4.78 is 27.7. The van der Waals surface area contributed by atoms with Crippen molar-refractivity contribution in [1.82, 2.24) is 14.9 Å². The zero-order valence-electron chi connectivity index (χ0n) is 12.0. The minimum Gasteiger partial charge on any atom is -0.281 e. The Morgan fingerprint density at radius 1 is 1.37 bits per heavy atom. The Hall–Kier alpha value is -0.590. The molecule has 0 bridgehead atoms. The van der Waals surface area contributed by atoms with Gasteiger partial charge in [-0.15, -0.1) is 11.6 Å². The molecule has 1 aromatic rings. The van der Waals surface area contributed by atoms with Gasteiger partial charge in [0.05, 0.1) is 11.4 Å². The van der Waals surface area contributed by atoms with Gasteiger partial charge < -0.3 is 0 Å². The van der Waals surface area contributed by atoms with E-state index < -0.39 is 10.0 Å². The molecular formula is C12H22ClN3O2S. The van der Waals surface area contributed by atoms with E-state index in [0.29, 0.717) is 23.7 Å². The zero-order valence-corrected chi connectivity index (χ0v) is 13.6. The lowest BCUT2D eigenvalue weighted by molar-refractivity contribution is 0.292. The molecule has 0 fully saturated rings. The van der Waals surface area contributed by atoms with Crippen molar-refractivity contribution in [3.05, 3.63) is 11.4 Å². The van der Waals surface area contributed by atoms with Crippen LogP contribution in [0.5, 0.6) is 0 Å². The van der Waals surface area contributed by atoms with Crippen molar-refractivity contribution in [3.8, 4) is 0 Å². The number of nitrogens with one attached hydrogen (secondary N) is 2. The van der Waals surface area contributed by atoms with Crippen LogP contribution >= 0.6 is 11.6 Å². The first-order valence-corrected chi connectivity index (χ1v) is 8.21. The van der Waals surface area contributed by atoms with Crippen LogP contribution in [0.1, 0.15) is 38.6 Å². The number of rotatable bonds is 5. The topological polar surface area (TPSA) is 74.8 Å². The van der Waals surface area contributed by atoms with E-state index in [1.807, 2.05) is 20.8 Å². The van der Waals surface area contributed by atoms with Crippen molar-refractivity contribution in [3.63, 3.8) is 0 Å². The third-order valence-electron chi connectivity index (χ3n) is 3.07. The summed E-state index contributed by atoms with van der Waals surface area (Å²) in [4.78, 5) is 0.233. The normalized spacial score (nSPS) is 14.6. The van der Waals surface area contributed by atoms with Gasteiger partial charge in [-0.3, -0.25) is 5.10 Å². The fourth-order valence-electron chi connectivity index (χ4n) is 1.96. The van der Waals surface area contributed by atoms with Gasteiger partial charge in [-0.25, -0.2) is 13.1 Å². The molecule has 0 aliphatic rings. The molecule has 0 radical (unpaired) electrons. The molecule has 0 aromatic carbocycles. The molecule has 0 saturated heterocycles. The average molecular weight is 308 g/mol. The third kappa shape index (κ3) is 3.94. The van der Waals surface area contributed by atoms with Gasteiger partial charge in [-0.1, -0.05) is 20.8 Å². The number of hydrogen-bond donors (Lipinski definition) is 2. The van der Waals surface area contributed by atoms with Crippen LogP contribution in [0.2, 0.25) is 0 Å². The summed E-state index contributed by atoms with van der Waals surface area (Å²) in [5.74, 6) is 0.411. The van der Waals surface area contributed by atoms with Crippen LogP contribution in [0.15, 0.2) is 4.90 Å². The van der Waals surface area contributed by atoms with Gasteiger partial charge in [0.2, 0.25) is 10.0 Å². The zero-order chi connectivity index (χ0) is 14.8. The smallest absolute Gasteiger partial charge is 0.244 e. The SMILES string of the molecule is Cc1n[nH]c(C)c1S(=O)(=O)NC(CCCl)C(C)(C)C. The van der Waals surface area contributed by atoms with E-state index in [1.54, 1.807) is 13.8 Å². The van der Waals surface area contributed by atoms with E-state index in [1.165, 1.54) is 0 Å². The van der Waals surface area contributed by atoms with Crippen LogP contribution in [0.25, 0.3) is 0 Å². The summed E-state index contributed by atoms with van der Waals surface area (Å²) in [5, 5.41) is 6.62. The summed E-state index contributed by atoms with van der Waals surface area (Å²) in [7, 11) is -3.59. The number of H-pyrrole nitrogens is 1. The van der Waals surface area contributed by atoms with Crippen molar-refractivity contribution in [2.45, 2.75) is 52.0 Å². The Balaban J connectivity index is 3.08. The minimum atomic E-state index is -3.59. The second kappa shape index (κ2) is 5.81. The van der Waals surface area contributed by atoms with E-state index in [-0.39, 0.29) is 16.4 Å². The number of aryl methyl sites for hydroxylation is 2. The molecule has 5 nitrogen and oxygen atoms in total. The predicted molar refractivity (Wildman–Crippen MR) is 77.0 cm³/mol. The Bertz CT molecular complexity index is 512. The minimum absolute atomic E-state index is 0.201. The second-order valence-corrected chi connectivity index (χ2v) is 7.81. The van der Waals surface area contributed by atoms with Crippen molar-refractivity contribution in [2.24, 2.45) is 5.41 Å². The first kappa shape index (κ1) is 16.5. The lowest BCUT2D eigenvalue weighted by Crippen LogP contribution is -2.44. The average Bonchev–Trinajstić information content (AvgIpc) is 2.56. The molecule has 110 valence electrons. The highest BCUT2D eigenvalue weighted by atomic mass is 35.5. The highest BCUT2D eigenvalue weighted by Crippen LogP contribution is 2.25. The van der Waals surface area contributed by atoms with E-state index >= 15 is 0 Å². The Kier molecular flexibility index (Phi) is 5.03. The summed E-state index contributed by atoms with van der Waals surface area (Å²) in [6.07, 6.45) is 0.584. The van der Waals surface area contributed by atoms with Crippen LogP contribution in [0, 0.1) is 19.3 Å². The van der Waals surface area contributed by atoms with Crippen molar-refractivity contribution in [1.29, 1.82) is 0 Å². The number of sulfonamides is 1. The number of alkyl halides is 1. The maximum Gasteiger partial charge on any atom is 0.244 e. The van der Waals surface area contributed by atoms with E-state index in [9.17, 15) is 8.42 Å². The van der Waals surface area contributed by atoms with Gasteiger partial charge in [0.1, 0.15) is 4.90 Å². The maximum atomic E-state index is 12.5. The molecule has 0 spiro atoms. The fourth-order valence-corrected chi connectivity index (χ4v) is 4.03.